The van der Waals surface area contributed by atoms with Crippen LogP contribution < -0.4 is 5.32 Å². The van der Waals surface area contributed by atoms with Crippen LogP contribution in [0.1, 0.15) is 26.7 Å². The van der Waals surface area contributed by atoms with E-state index < -0.39 is 0 Å². The van der Waals surface area contributed by atoms with Crippen LogP contribution in [-0.2, 0) is 0 Å². The van der Waals surface area contributed by atoms with Crippen molar-refractivity contribution in [3.8, 4) is 0 Å². The summed E-state index contributed by atoms with van der Waals surface area (Å²) in [6, 6.07) is 0.877. The number of hydrogen-bond acceptors (Lipinski definition) is 2. The average Bonchev–Trinajstić information content (AvgIpc) is 2.75. The predicted molar refractivity (Wildman–Crippen MR) is 55.8 cm³/mol. The van der Waals surface area contributed by atoms with Crippen LogP contribution in [0, 0.1) is 11.8 Å². The van der Waals surface area contributed by atoms with Gasteiger partial charge in [-0.25, -0.2) is 0 Å². The molecular formula is C11H22N2. The Kier molecular flexibility index (Phi) is 2.89. The number of hydrogen-bond donors (Lipinski definition) is 1. The van der Waals surface area contributed by atoms with Gasteiger partial charge in [-0.15, -0.1) is 0 Å². The fraction of sp³-hybridized carbons (Fsp3) is 1.00. The molecular weight excluding hydrogens is 160 g/mol. The van der Waals surface area contributed by atoms with Crippen LogP contribution in [0.5, 0.6) is 0 Å². The second-order valence-electron chi connectivity index (χ2n) is 4.99. The second-order valence-corrected chi connectivity index (χ2v) is 4.99. The summed E-state index contributed by atoms with van der Waals surface area (Å²) < 4.78 is 0. The van der Waals surface area contributed by atoms with Crippen molar-refractivity contribution in [1.82, 2.24) is 10.2 Å². The highest BCUT2D eigenvalue weighted by Crippen LogP contribution is 2.23. The Morgan fingerprint density at radius 3 is 2.54 bits per heavy atom. The highest BCUT2D eigenvalue weighted by molar-refractivity contribution is 4.84. The zero-order chi connectivity index (χ0) is 9.26. The predicted octanol–water partition coefficient (Wildman–Crippen LogP) is 1.33. The quantitative estimate of drug-likeness (QED) is 0.690. The molecule has 2 aliphatic rings. The highest BCUT2D eigenvalue weighted by Gasteiger charge is 2.28. The first kappa shape index (κ1) is 9.47. The third-order valence-corrected chi connectivity index (χ3v) is 3.37. The highest BCUT2D eigenvalue weighted by atomic mass is 15.2. The third-order valence-electron chi connectivity index (χ3n) is 3.37. The largest absolute Gasteiger partial charge is 0.313 e. The monoisotopic (exact) mass is 182 g/mol. The van der Waals surface area contributed by atoms with Crippen molar-refractivity contribution in [3.63, 3.8) is 0 Å². The van der Waals surface area contributed by atoms with Gasteiger partial charge >= 0.3 is 0 Å². The van der Waals surface area contributed by atoms with E-state index in [0.29, 0.717) is 0 Å². The summed E-state index contributed by atoms with van der Waals surface area (Å²) in [5, 5.41) is 3.56. The van der Waals surface area contributed by atoms with E-state index in [4.69, 9.17) is 0 Å². The van der Waals surface area contributed by atoms with Crippen LogP contribution >= 0.6 is 0 Å². The molecule has 1 aliphatic carbocycles. The minimum atomic E-state index is 0.877. The number of nitrogens with one attached hydrogen (secondary N) is 1. The van der Waals surface area contributed by atoms with Gasteiger partial charge in [-0.05, 0) is 24.7 Å². The molecule has 1 aliphatic heterocycles. The molecule has 1 heterocycles. The van der Waals surface area contributed by atoms with Gasteiger partial charge in [-0.3, -0.25) is 0 Å². The van der Waals surface area contributed by atoms with Gasteiger partial charge < -0.3 is 10.2 Å². The summed E-state index contributed by atoms with van der Waals surface area (Å²) in [5.74, 6) is 1.86. The van der Waals surface area contributed by atoms with Gasteiger partial charge in [0.05, 0.1) is 0 Å². The van der Waals surface area contributed by atoms with Crippen molar-refractivity contribution in [2.45, 2.75) is 32.7 Å². The first-order valence-corrected chi connectivity index (χ1v) is 5.71. The molecule has 0 aromatic heterocycles. The Hall–Kier alpha value is -0.0800. The maximum atomic E-state index is 3.56. The Morgan fingerprint density at radius 2 is 2.00 bits per heavy atom. The van der Waals surface area contributed by atoms with Gasteiger partial charge in [-0.1, -0.05) is 13.8 Å². The van der Waals surface area contributed by atoms with Gasteiger partial charge in [-0.2, -0.15) is 0 Å². The van der Waals surface area contributed by atoms with Crippen molar-refractivity contribution in [1.29, 1.82) is 0 Å². The lowest BCUT2D eigenvalue weighted by Gasteiger charge is -2.41. The van der Waals surface area contributed by atoms with Gasteiger partial charge in [0.2, 0.25) is 0 Å². The maximum absolute atomic E-state index is 3.56. The molecule has 1 N–H and O–H groups in total. The third kappa shape index (κ3) is 2.68. The summed E-state index contributed by atoms with van der Waals surface area (Å²) in [5.41, 5.74) is 0. The standard InChI is InChI=1S/C11H22N2/c1-9(2)10-7-13(8-10)6-5-12-11-3-4-11/h9-12H,3-8H2,1-2H3. The lowest BCUT2D eigenvalue weighted by atomic mass is 9.88. The lowest BCUT2D eigenvalue weighted by Crippen LogP contribution is -2.51. The molecule has 2 heteroatoms. The lowest BCUT2D eigenvalue weighted by molar-refractivity contribution is 0.0697. The molecule has 2 nitrogen and oxygen atoms in total. The molecule has 0 bridgehead atoms. The molecule has 1 saturated carbocycles. The first-order valence-electron chi connectivity index (χ1n) is 5.71. The summed E-state index contributed by atoms with van der Waals surface area (Å²) in [7, 11) is 0. The summed E-state index contributed by atoms with van der Waals surface area (Å²) in [6.45, 7) is 9.82. The fourth-order valence-electron chi connectivity index (χ4n) is 1.93. The molecule has 0 atom stereocenters. The van der Waals surface area contributed by atoms with E-state index in [1.165, 1.54) is 39.0 Å². The normalized spacial score (nSPS) is 25.2. The molecule has 13 heavy (non-hydrogen) atoms. The topological polar surface area (TPSA) is 15.3 Å². The van der Waals surface area contributed by atoms with Gasteiger partial charge in [0, 0.05) is 32.2 Å². The molecule has 1 saturated heterocycles. The number of rotatable bonds is 5. The fourth-order valence-corrected chi connectivity index (χ4v) is 1.93. The summed E-state index contributed by atoms with van der Waals surface area (Å²) in [6.07, 6.45) is 2.82. The zero-order valence-electron chi connectivity index (χ0n) is 8.92. The molecule has 0 radical (unpaired) electrons. The first-order chi connectivity index (χ1) is 6.25. The van der Waals surface area contributed by atoms with E-state index in [-0.39, 0.29) is 0 Å². The van der Waals surface area contributed by atoms with Crippen molar-refractivity contribution in [2.75, 3.05) is 26.2 Å². The van der Waals surface area contributed by atoms with Crippen LogP contribution in [0.3, 0.4) is 0 Å². The van der Waals surface area contributed by atoms with Gasteiger partial charge in [0.25, 0.3) is 0 Å². The molecule has 2 fully saturated rings. The minimum Gasteiger partial charge on any atom is -0.313 e. The molecule has 0 spiro atoms. The van der Waals surface area contributed by atoms with E-state index in [0.717, 1.165) is 17.9 Å². The maximum Gasteiger partial charge on any atom is 0.0107 e. The Balaban J connectivity index is 1.48. The molecule has 2 rings (SSSR count). The van der Waals surface area contributed by atoms with E-state index in [2.05, 4.69) is 24.1 Å². The number of nitrogens with zero attached hydrogens (tertiary/aromatic N) is 1. The van der Waals surface area contributed by atoms with Crippen molar-refractivity contribution in [3.05, 3.63) is 0 Å². The summed E-state index contributed by atoms with van der Waals surface area (Å²) in [4.78, 5) is 2.57. The van der Waals surface area contributed by atoms with Crippen LogP contribution in [-0.4, -0.2) is 37.1 Å². The van der Waals surface area contributed by atoms with E-state index in [1.54, 1.807) is 0 Å². The second kappa shape index (κ2) is 3.97. The van der Waals surface area contributed by atoms with Crippen LogP contribution in [0.15, 0.2) is 0 Å². The van der Waals surface area contributed by atoms with Crippen LogP contribution in [0.2, 0.25) is 0 Å². The van der Waals surface area contributed by atoms with E-state index in [9.17, 15) is 0 Å². The molecule has 0 unspecified atom stereocenters. The van der Waals surface area contributed by atoms with Crippen LogP contribution in [0.4, 0.5) is 0 Å². The van der Waals surface area contributed by atoms with E-state index in [1.807, 2.05) is 0 Å². The Labute approximate surface area is 81.7 Å². The van der Waals surface area contributed by atoms with Crippen molar-refractivity contribution in [2.24, 2.45) is 11.8 Å². The van der Waals surface area contributed by atoms with Gasteiger partial charge in [0.1, 0.15) is 0 Å². The summed E-state index contributed by atoms with van der Waals surface area (Å²) >= 11 is 0. The van der Waals surface area contributed by atoms with Crippen molar-refractivity contribution < 1.29 is 0 Å². The number of likely N-dealkylation sites (tertiary alicyclic amines) is 1. The molecule has 0 amide bonds. The van der Waals surface area contributed by atoms with Crippen LogP contribution in [0.25, 0.3) is 0 Å². The van der Waals surface area contributed by atoms with E-state index >= 15 is 0 Å². The van der Waals surface area contributed by atoms with Gasteiger partial charge in [0.15, 0.2) is 0 Å². The zero-order valence-corrected chi connectivity index (χ0v) is 8.92. The smallest absolute Gasteiger partial charge is 0.0107 e. The average molecular weight is 182 g/mol. The van der Waals surface area contributed by atoms with Crippen molar-refractivity contribution >= 4 is 0 Å². The molecule has 0 aromatic carbocycles. The Bertz CT molecular complexity index is 157. The molecule has 76 valence electrons. The SMILES string of the molecule is CC(C)C1CN(CCNC2CC2)C1. The minimum absolute atomic E-state index is 0.877. The Morgan fingerprint density at radius 1 is 1.31 bits per heavy atom. The molecule has 0 aromatic rings.